The van der Waals surface area contributed by atoms with Gasteiger partial charge in [0.05, 0.1) is 5.54 Å². The highest BCUT2D eigenvalue weighted by molar-refractivity contribution is 6.31. The van der Waals surface area contributed by atoms with Crippen molar-refractivity contribution in [2.24, 2.45) is 0 Å². The topological polar surface area (TPSA) is 30.7 Å². The molecule has 0 bridgehead atoms. The summed E-state index contributed by atoms with van der Waals surface area (Å²) in [5, 5.41) is 4.60. The summed E-state index contributed by atoms with van der Waals surface area (Å²) >= 11 is 6.02. The first-order chi connectivity index (χ1) is 8.39. The van der Waals surface area contributed by atoms with Crippen LogP contribution in [0.1, 0.15) is 32.2 Å². The third kappa shape index (κ3) is 2.53. The second kappa shape index (κ2) is 4.69. The molecule has 0 amide bonds. The Morgan fingerprint density at radius 1 is 1.33 bits per heavy atom. The summed E-state index contributed by atoms with van der Waals surface area (Å²) < 4.78 is 15.5. The molecule has 2 rings (SSSR count). The third-order valence-electron chi connectivity index (χ3n) is 2.65. The average molecular weight is 268 g/mol. The van der Waals surface area contributed by atoms with E-state index in [4.69, 9.17) is 11.6 Å². The molecular formula is C13H15ClFN3. The van der Waals surface area contributed by atoms with Crippen molar-refractivity contribution < 1.29 is 4.39 Å². The number of nitrogens with zero attached hydrogens (tertiary/aromatic N) is 3. The highest BCUT2D eigenvalue weighted by Gasteiger charge is 2.20. The van der Waals surface area contributed by atoms with Crippen molar-refractivity contribution in [3.05, 3.63) is 46.8 Å². The first-order valence-corrected chi connectivity index (χ1v) is 6.09. The van der Waals surface area contributed by atoms with Crippen LogP contribution in [0.5, 0.6) is 0 Å². The number of halogens is 2. The van der Waals surface area contributed by atoms with Gasteiger partial charge < -0.3 is 0 Å². The Morgan fingerprint density at radius 3 is 2.67 bits per heavy atom. The number of aromatic nitrogens is 3. The van der Waals surface area contributed by atoms with Gasteiger partial charge in [-0.05, 0) is 32.9 Å². The van der Waals surface area contributed by atoms with Gasteiger partial charge in [0.15, 0.2) is 0 Å². The Balaban J connectivity index is 2.39. The maximum absolute atomic E-state index is 13.7. The predicted octanol–water partition coefficient (Wildman–Crippen LogP) is 3.42. The zero-order valence-corrected chi connectivity index (χ0v) is 11.4. The molecule has 18 heavy (non-hydrogen) atoms. The van der Waals surface area contributed by atoms with Gasteiger partial charge in [-0.3, -0.25) is 0 Å². The van der Waals surface area contributed by atoms with Gasteiger partial charge in [-0.2, -0.15) is 5.10 Å². The van der Waals surface area contributed by atoms with Crippen molar-refractivity contribution >= 4 is 11.6 Å². The molecule has 0 fully saturated rings. The van der Waals surface area contributed by atoms with Crippen molar-refractivity contribution in [2.75, 3.05) is 0 Å². The van der Waals surface area contributed by atoms with E-state index >= 15 is 0 Å². The van der Waals surface area contributed by atoms with E-state index in [9.17, 15) is 4.39 Å². The lowest BCUT2D eigenvalue weighted by Crippen LogP contribution is -2.25. The van der Waals surface area contributed by atoms with Gasteiger partial charge in [0.25, 0.3) is 0 Å². The fraction of sp³-hybridized carbons (Fsp3) is 0.385. The largest absolute Gasteiger partial charge is 0.244 e. The smallest absolute Gasteiger partial charge is 0.138 e. The van der Waals surface area contributed by atoms with E-state index < -0.39 is 0 Å². The SMILES string of the molecule is CC(C)(C)n1ncnc1Cc1c(F)cccc1Cl. The Labute approximate surface area is 111 Å². The van der Waals surface area contributed by atoms with Crippen LogP contribution < -0.4 is 0 Å². The molecule has 0 aliphatic rings. The molecule has 0 aliphatic carbocycles. The maximum atomic E-state index is 13.7. The zero-order chi connectivity index (χ0) is 13.3. The molecule has 0 aliphatic heterocycles. The Bertz CT molecular complexity index is 537. The van der Waals surface area contributed by atoms with Crippen molar-refractivity contribution in [2.45, 2.75) is 32.7 Å². The molecule has 0 saturated carbocycles. The number of benzene rings is 1. The molecular weight excluding hydrogens is 253 g/mol. The molecule has 1 aromatic carbocycles. The predicted molar refractivity (Wildman–Crippen MR) is 69.2 cm³/mol. The van der Waals surface area contributed by atoms with E-state index in [-0.39, 0.29) is 11.4 Å². The second-order valence-electron chi connectivity index (χ2n) is 5.14. The van der Waals surface area contributed by atoms with Crippen LogP contribution in [-0.2, 0) is 12.0 Å². The highest BCUT2D eigenvalue weighted by Crippen LogP contribution is 2.23. The molecule has 1 heterocycles. The summed E-state index contributed by atoms with van der Waals surface area (Å²) in [5.41, 5.74) is 0.265. The number of hydrogen-bond donors (Lipinski definition) is 0. The molecule has 0 spiro atoms. The van der Waals surface area contributed by atoms with Gasteiger partial charge in [0.1, 0.15) is 18.0 Å². The summed E-state index contributed by atoms with van der Waals surface area (Å²) in [7, 11) is 0. The lowest BCUT2D eigenvalue weighted by atomic mass is 10.1. The Morgan fingerprint density at radius 2 is 2.06 bits per heavy atom. The van der Waals surface area contributed by atoms with Crippen LogP contribution in [-0.4, -0.2) is 14.8 Å². The third-order valence-corrected chi connectivity index (χ3v) is 3.00. The minimum absolute atomic E-state index is 0.191. The Hall–Kier alpha value is -1.42. The van der Waals surface area contributed by atoms with E-state index in [1.54, 1.807) is 16.8 Å². The van der Waals surface area contributed by atoms with Crippen LogP contribution in [0.4, 0.5) is 4.39 Å². The molecule has 0 unspecified atom stereocenters. The van der Waals surface area contributed by atoms with Gasteiger partial charge in [0.2, 0.25) is 0 Å². The normalized spacial score (nSPS) is 11.8. The first kappa shape index (κ1) is 13.0. The van der Waals surface area contributed by atoms with Crippen LogP contribution in [0.3, 0.4) is 0 Å². The quantitative estimate of drug-likeness (QED) is 0.835. The summed E-state index contributed by atoms with van der Waals surface area (Å²) in [5.74, 6) is 0.389. The molecule has 0 saturated heterocycles. The van der Waals surface area contributed by atoms with Gasteiger partial charge in [-0.25, -0.2) is 14.1 Å². The minimum Gasteiger partial charge on any atom is -0.244 e. The maximum Gasteiger partial charge on any atom is 0.138 e. The lowest BCUT2D eigenvalue weighted by Gasteiger charge is -2.21. The summed E-state index contributed by atoms with van der Waals surface area (Å²) in [6.07, 6.45) is 1.82. The standard InChI is InChI=1S/C13H15ClFN3/c1-13(2,3)18-12(16-8-17-18)7-9-10(14)5-4-6-11(9)15/h4-6,8H,7H2,1-3H3. The van der Waals surface area contributed by atoms with E-state index in [1.807, 2.05) is 20.8 Å². The van der Waals surface area contributed by atoms with Crippen molar-refractivity contribution in [3.8, 4) is 0 Å². The molecule has 5 heteroatoms. The van der Waals surface area contributed by atoms with Crippen molar-refractivity contribution in [3.63, 3.8) is 0 Å². The van der Waals surface area contributed by atoms with E-state index in [1.165, 1.54) is 12.4 Å². The Kier molecular flexibility index (Phi) is 3.39. The van der Waals surface area contributed by atoms with Crippen LogP contribution in [0.15, 0.2) is 24.5 Å². The van der Waals surface area contributed by atoms with Crippen LogP contribution >= 0.6 is 11.6 Å². The molecule has 0 N–H and O–H groups in total. The van der Waals surface area contributed by atoms with Crippen LogP contribution in [0.2, 0.25) is 5.02 Å². The zero-order valence-electron chi connectivity index (χ0n) is 10.6. The molecule has 96 valence electrons. The molecule has 1 aromatic heterocycles. The lowest BCUT2D eigenvalue weighted by molar-refractivity contribution is 0.343. The molecule has 0 radical (unpaired) electrons. The van der Waals surface area contributed by atoms with Gasteiger partial charge in [0, 0.05) is 17.0 Å². The summed E-state index contributed by atoms with van der Waals surface area (Å²) in [4.78, 5) is 4.19. The fourth-order valence-electron chi connectivity index (χ4n) is 1.81. The summed E-state index contributed by atoms with van der Waals surface area (Å²) in [6.45, 7) is 6.07. The monoisotopic (exact) mass is 267 g/mol. The van der Waals surface area contributed by atoms with E-state index in [2.05, 4.69) is 10.1 Å². The summed E-state index contributed by atoms with van der Waals surface area (Å²) in [6, 6.07) is 4.67. The van der Waals surface area contributed by atoms with E-state index in [0.717, 1.165) is 0 Å². The van der Waals surface area contributed by atoms with Gasteiger partial charge in [-0.1, -0.05) is 17.7 Å². The van der Waals surface area contributed by atoms with Gasteiger partial charge >= 0.3 is 0 Å². The van der Waals surface area contributed by atoms with Crippen molar-refractivity contribution in [1.82, 2.24) is 14.8 Å². The number of hydrogen-bond acceptors (Lipinski definition) is 2. The minimum atomic E-state index is -0.314. The fourth-order valence-corrected chi connectivity index (χ4v) is 2.04. The van der Waals surface area contributed by atoms with E-state index in [0.29, 0.717) is 22.8 Å². The molecule has 2 aromatic rings. The van der Waals surface area contributed by atoms with Crippen LogP contribution in [0.25, 0.3) is 0 Å². The van der Waals surface area contributed by atoms with Crippen LogP contribution in [0, 0.1) is 5.82 Å². The second-order valence-corrected chi connectivity index (χ2v) is 5.54. The average Bonchev–Trinajstić information content (AvgIpc) is 2.71. The number of rotatable bonds is 2. The molecule has 0 atom stereocenters. The highest BCUT2D eigenvalue weighted by atomic mass is 35.5. The van der Waals surface area contributed by atoms with Crippen molar-refractivity contribution in [1.29, 1.82) is 0 Å². The first-order valence-electron chi connectivity index (χ1n) is 5.72. The molecule has 3 nitrogen and oxygen atoms in total. The van der Waals surface area contributed by atoms with Gasteiger partial charge in [-0.15, -0.1) is 0 Å².